The molecule has 1 saturated heterocycles. The quantitative estimate of drug-likeness (QED) is 0.726. The minimum atomic E-state index is -4.69. The average Bonchev–Trinajstić information content (AvgIpc) is 3.23. The topological polar surface area (TPSA) is 56.3 Å². The van der Waals surface area contributed by atoms with Gasteiger partial charge >= 0.3 is 6.18 Å². The molecule has 5 nitrogen and oxygen atoms in total. The van der Waals surface area contributed by atoms with Crippen molar-refractivity contribution in [2.75, 3.05) is 6.26 Å². The second kappa shape index (κ2) is 7.77. The molecule has 30 heavy (non-hydrogen) atoms. The van der Waals surface area contributed by atoms with Gasteiger partial charge in [0, 0.05) is 42.6 Å². The van der Waals surface area contributed by atoms with Gasteiger partial charge in [0.15, 0.2) is 6.10 Å². The fourth-order valence-electron chi connectivity index (χ4n) is 4.33. The van der Waals surface area contributed by atoms with Gasteiger partial charge < -0.3 is 10.5 Å². The largest absolute Gasteiger partial charge is 0.416 e. The van der Waals surface area contributed by atoms with Gasteiger partial charge in [-0.15, -0.1) is 0 Å². The van der Waals surface area contributed by atoms with Crippen LogP contribution in [0, 0.1) is 18.6 Å². The molecule has 0 saturated carbocycles. The third-order valence-corrected chi connectivity index (χ3v) is 6.39. The highest BCUT2D eigenvalue weighted by Gasteiger charge is 2.54. The van der Waals surface area contributed by atoms with Gasteiger partial charge in [0.2, 0.25) is 0 Å². The van der Waals surface area contributed by atoms with E-state index in [1.165, 1.54) is 11.9 Å². The van der Waals surface area contributed by atoms with Crippen molar-refractivity contribution in [3.63, 3.8) is 0 Å². The summed E-state index contributed by atoms with van der Waals surface area (Å²) in [6, 6.07) is 0.636. The fourth-order valence-corrected chi connectivity index (χ4v) is 4.92. The highest BCUT2D eigenvalue weighted by Crippen LogP contribution is 2.43. The molecule has 4 atom stereocenters. The van der Waals surface area contributed by atoms with E-state index in [4.69, 9.17) is 10.5 Å². The minimum Gasteiger partial charge on any atom is -0.357 e. The van der Waals surface area contributed by atoms with Crippen LogP contribution in [0.1, 0.15) is 35.0 Å². The van der Waals surface area contributed by atoms with Gasteiger partial charge in [-0.2, -0.15) is 18.3 Å². The number of aromatic nitrogens is 2. The number of halogens is 5. The molecule has 3 unspecified atom stereocenters. The average molecular weight is 448 g/mol. The Morgan fingerprint density at radius 3 is 2.63 bits per heavy atom. The number of ether oxygens (including phenoxy) is 1. The molecule has 3 heterocycles. The number of hydrogen-bond donors (Lipinski definition) is 1. The molecule has 1 fully saturated rings. The summed E-state index contributed by atoms with van der Waals surface area (Å²) in [4.78, 5) is 1.68. The molecule has 2 aromatic rings. The summed E-state index contributed by atoms with van der Waals surface area (Å²) in [5.74, 6) is -1.61. The smallest absolute Gasteiger partial charge is 0.357 e. The zero-order chi connectivity index (χ0) is 21.8. The Labute approximate surface area is 174 Å². The molecule has 0 radical (unpaired) electrons. The molecule has 1 aromatic heterocycles. The number of nitrogens with zero attached hydrogens (tertiary/aromatic N) is 3. The number of aryl methyl sites for hydroxylation is 1. The Hall–Kier alpha value is -1.69. The Bertz CT molecular complexity index is 950. The van der Waals surface area contributed by atoms with Crippen LogP contribution in [0.5, 0.6) is 0 Å². The summed E-state index contributed by atoms with van der Waals surface area (Å²) < 4.78 is 76.7. The molecule has 2 aliphatic rings. The lowest BCUT2D eigenvalue weighted by atomic mass is 9.89. The Kier molecular flexibility index (Phi) is 5.58. The van der Waals surface area contributed by atoms with E-state index < -0.39 is 42.1 Å². The zero-order valence-electron chi connectivity index (χ0n) is 16.3. The molecule has 0 spiro atoms. The van der Waals surface area contributed by atoms with Crippen LogP contribution in [0.2, 0.25) is 0 Å². The highest BCUT2D eigenvalue weighted by molar-refractivity contribution is 7.97. The number of alkyl halides is 3. The number of fused-ring (bicyclic) bond motifs is 1. The summed E-state index contributed by atoms with van der Waals surface area (Å²) in [7, 11) is 0. The normalized spacial score (nSPS) is 27.5. The standard InChI is InChI=1S/C19H21F5N4OS/c1-9-12-7-27(8-16(12)28(26-9)30-2)15-6-14(25)17(29-18(15)19(22,23)24)11-5-10(20)3-4-13(11)21/h3-5,14-15,17-18H,6-8,25H2,1-2H3/t14?,15?,17-,18?/m1/s1. The third-order valence-electron chi connectivity index (χ3n) is 5.75. The Morgan fingerprint density at radius 1 is 1.23 bits per heavy atom. The molecule has 1 aromatic carbocycles. The van der Waals surface area contributed by atoms with E-state index in [0.29, 0.717) is 6.54 Å². The van der Waals surface area contributed by atoms with Gasteiger partial charge in [0.1, 0.15) is 17.7 Å². The second-order valence-corrected chi connectivity index (χ2v) is 8.33. The van der Waals surface area contributed by atoms with E-state index in [2.05, 4.69) is 5.10 Å². The molecular weight excluding hydrogens is 427 g/mol. The molecule has 2 N–H and O–H groups in total. The lowest BCUT2D eigenvalue weighted by Crippen LogP contribution is -2.58. The maximum Gasteiger partial charge on any atom is 0.416 e. The van der Waals surface area contributed by atoms with Gasteiger partial charge in [0.25, 0.3) is 0 Å². The van der Waals surface area contributed by atoms with Crippen molar-refractivity contribution in [2.24, 2.45) is 5.73 Å². The van der Waals surface area contributed by atoms with E-state index >= 15 is 0 Å². The molecule has 11 heteroatoms. The van der Waals surface area contributed by atoms with Crippen LogP contribution in [0.3, 0.4) is 0 Å². The van der Waals surface area contributed by atoms with Crippen LogP contribution in [0.4, 0.5) is 22.0 Å². The first-order chi connectivity index (χ1) is 14.1. The van der Waals surface area contributed by atoms with Crippen LogP contribution < -0.4 is 5.73 Å². The van der Waals surface area contributed by atoms with Crippen LogP contribution >= 0.6 is 11.9 Å². The SMILES string of the molecule is CSn1nc(C)c2c1CN(C1CC(N)[C@@H](c3cc(F)ccc3F)OC1C(F)(F)F)C2. The van der Waals surface area contributed by atoms with Crippen molar-refractivity contribution in [3.05, 3.63) is 52.3 Å². The summed E-state index contributed by atoms with van der Waals surface area (Å²) >= 11 is 1.37. The lowest BCUT2D eigenvalue weighted by Gasteiger charge is -2.44. The lowest BCUT2D eigenvalue weighted by molar-refractivity contribution is -0.269. The summed E-state index contributed by atoms with van der Waals surface area (Å²) in [5.41, 5.74) is 8.36. The number of hydrogen-bond acceptors (Lipinski definition) is 5. The first kappa shape index (κ1) is 21.5. The number of rotatable bonds is 3. The maximum atomic E-state index is 14.2. The van der Waals surface area contributed by atoms with Gasteiger partial charge in [-0.05, 0) is 43.5 Å². The summed E-state index contributed by atoms with van der Waals surface area (Å²) in [5, 5.41) is 4.38. The third kappa shape index (κ3) is 3.72. The molecule has 164 valence electrons. The zero-order valence-corrected chi connectivity index (χ0v) is 17.1. The molecular formula is C19H21F5N4OS. The maximum absolute atomic E-state index is 14.2. The minimum absolute atomic E-state index is 0.0686. The predicted octanol–water partition coefficient (Wildman–Crippen LogP) is 3.70. The Balaban J connectivity index is 1.63. The van der Waals surface area contributed by atoms with Crippen molar-refractivity contribution in [1.82, 2.24) is 14.1 Å². The van der Waals surface area contributed by atoms with Crippen LogP contribution in [0.15, 0.2) is 18.2 Å². The molecule has 0 bridgehead atoms. The van der Waals surface area contributed by atoms with Crippen molar-refractivity contribution in [3.8, 4) is 0 Å². The monoisotopic (exact) mass is 448 g/mol. The fraction of sp³-hybridized carbons (Fsp3) is 0.526. The van der Waals surface area contributed by atoms with E-state index in [0.717, 1.165) is 35.2 Å². The Morgan fingerprint density at radius 2 is 1.97 bits per heavy atom. The van der Waals surface area contributed by atoms with Crippen LogP contribution in [0.25, 0.3) is 0 Å². The van der Waals surface area contributed by atoms with Crippen LogP contribution in [-0.4, -0.2) is 44.7 Å². The summed E-state index contributed by atoms with van der Waals surface area (Å²) in [6.07, 6.45) is -6.49. The summed E-state index contributed by atoms with van der Waals surface area (Å²) in [6.45, 7) is 2.40. The van der Waals surface area contributed by atoms with Gasteiger partial charge in [0.05, 0.1) is 11.4 Å². The first-order valence-electron chi connectivity index (χ1n) is 9.38. The molecule has 0 amide bonds. The van der Waals surface area contributed by atoms with E-state index in [-0.39, 0.29) is 18.5 Å². The van der Waals surface area contributed by atoms with E-state index in [1.54, 1.807) is 8.99 Å². The van der Waals surface area contributed by atoms with Gasteiger partial charge in [-0.1, -0.05) is 0 Å². The van der Waals surface area contributed by atoms with Crippen molar-refractivity contribution in [1.29, 1.82) is 0 Å². The van der Waals surface area contributed by atoms with Crippen molar-refractivity contribution in [2.45, 2.75) is 56.9 Å². The number of nitrogens with two attached hydrogens (primary N) is 1. The highest BCUT2D eigenvalue weighted by atomic mass is 32.2. The van der Waals surface area contributed by atoms with Crippen LogP contribution in [-0.2, 0) is 17.8 Å². The number of benzene rings is 1. The van der Waals surface area contributed by atoms with E-state index in [1.807, 2.05) is 13.2 Å². The van der Waals surface area contributed by atoms with Gasteiger partial charge in [-0.3, -0.25) is 4.90 Å². The second-order valence-electron chi connectivity index (χ2n) is 7.62. The predicted molar refractivity (Wildman–Crippen MR) is 102 cm³/mol. The molecule has 0 aliphatic carbocycles. The van der Waals surface area contributed by atoms with Gasteiger partial charge in [-0.25, -0.2) is 12.9 Å². The molecule has 2 aliphatic heterocycles. The first-order valence-corrected chi connectivity index (χ1v) is 10.6. The van der Waals surface area contributed by atoms with Crippen molar-refractivity contribution < 1.29 is 26.7 Å². The molecule has 4 rings (SSSR count). The van der Waals surface area contributed by atoms with E-state index in [9.17, 15) is 22.0 Å². The van der Waals surface area contributed by atoms with Crippen molar-refractivity contribution >= 4 is 11.9 Å².